The highest BCUT2D eigenvalue weighted by Crippen LogP contribution is 2.32. The number of hydrogen-bond acceptors (Lipinski definition) is 3. The van der Waals surface area contributed by atoms with Crippen LogP contribution in [0.5, 0.6) is 0 Å². The largest absolute Gasteiger partial charge is 0.436 e. The van der Waals surface area contributed by atoms with Gasteiger partial charge in [0.15, 0.2) is 12.3 Å². The van der Waals surface area contributed by atoms with E-state index >= 15 is 0 Å². The lowest BCUT2D eigenvalue weighted by Gasteiger charge is -2.17. The molecule has 1 aliphatic heterocycles. The molecule has 1 saturated heterocycles. The zero-order valence-corrected chi connectivity index (χ0v) is 8.96. The number of carbonyl (C=O) groups is 1. The summed E-state index contributed by atoms with van der Waals surface area (Å²) in [5.41, 5.74) is 1.62. The van der Waals surface area contributed by atoms with Crippen LogP contribution in [-0.2, 0) is 4.74 Å². The molecule has 1 heterocycles. The van der Waals surface area contributed by atoms with E-state index in [0.29, 0.717) is 0 Å². The average molecular weight is 219 g/mol. The number of ether oxygens (including phenoxy) is 1. The van der Waals surface area contributed by atoms with Crippen molar-refractivity contribution in [3.8, 4) is 0 Å². The van der Waals surface area contributed by atoms with Crippen molar-refractivity contribution in [1.82, 2.24) is 4.90 Å². The zero-order chi connectivity index (χ0) is 11.7. The van der Waals surface area contributed by atoms with E-state index in [1.54, 1.807) is 6.08 Å². The maximum atomic E-state index is 11.3. The predicted molar refractivity (Wildman–Crippen MR) is 59.5 cm³/mol. The van der Waals surface area contributed by atoms with Crippen LogP contribution in [0.3, 0.4) is 0 Å². The standard InChI is InChI=1S/C12H13NO3/c1-3-8-6-4-5-7-9(8)10-11(14)13(2)12(15)16-10/h3-7,10-11,14H,1H2,2H3/t10-,11+/m1/s1. The van der Waals surface area contributed by atoms with Crippen LogP contribution in [0, 0.1) is 0 Å². The first kappa shape index (κ1) is 10.7. The summed E-state index contributed by atoms with van der Waals surface area (Å²) in [5, 5.41) is 9.85. The van der Waals surface area contributed by atoms with Crippen molar-refractivity contribution in [3.63, 3.8) is 0 Å². The summed E-state index contributed by atoms with van der Waals surface area (Å²) in [6.07, 6.45) is -0.439. The second-order valence-electron chi connectivity index (χ2n) is 3.66. The molecule has 1 N–H and O–H groups in total. The summed E-state index contributed by atoms with van der Waals surface area (Å²) in [7, 11) is 1.50. The topological polar surface area (TPSA) is 49.8 Å². The molecule has 1 aromatic rings. The number of hydrogen-bond donors (Lipinski definition) is 1. The average Bonchev–Trinajstić information content (AvgIpc) is 2.57. The number of rotatable bonds is 2. The molecule has 4 nitrogen and oxygen atoms in total. The second-order valence-corrected chi connectivity index (χ2v) is 3.66. The Labute approximate surface area is 93.8 Å². The summed E-state index contributed by atoms with van der Waals surface area (Å²) >= 11 is 0. The van der Waals surface area contributed by atoms with Gasteiger partial charge in [-0.2, -0.15) is 0 Å². The van der Waals surface area contributed by atoms with Crippen molar-refractivity contribution in [2.24, 2.45) is 0 Å². The molecule has 4 heteroatoms. The lowest BCUT2D eigenvalue weighted by molar-refractivity contribution is 0.0221. The van der Waals surface area contributed by atoms with Crippen molar-refractivity contribution in [1.29, 1.82) is 0 Å². The molecule has 0 unspecified atom stereocenters. The molecule has 1 aromatic carbocycles. The molecule has 1 aliphatic rings. The molecule has 1 amide bonds. The Balaban J connectivity index is 2.38. The summed E-state index contributed by atoms with van der Waals surface area (Å²) in [6, 6.07) is 7.38. The lowest BCUT2D eigenvalue weighted by Crippen LogP contribution is -2.30. The van der Waals surface area contributed by atoms with Gasteiger partial charge in [-0.1, -0.05) is 36.9 Å². The third-order valence-corrected chi connectivity index (χ3v) is 2.71. The highest BCUT2D eigenvalue weighted by atomic mass is 16.6. The number of nitrogens with zero attached hydrogens (tertiary/aromatic N) is 1. The summed E-state index contributed by atoms with van der Waals surface area (Å²) in [4.78, 5) is 12.5. The number of cyclic esters (lactones) is 1. The number of aliphatic hydroxyl groups is 1. The highest BCUT2D eigenvalue weighted by Gasteiger charge is 2.39. The molecule has 0 radical (unpaired) electrons. The van der Waals surface area contributed by atoms with Gasteiger partial charge in [-0.15, -0.1) is 0 Å². The number of likely N-dealkylation sites (N-methyl/N-ethyl adjacent to an activating group) is 1. The number of carbonyl (C=O) groups excluding carboxylic acids is 1. The van der Waals surface area contributed by atoms with Gasteiger partial charge in [0.25, 0.3) is 0 Å². The fourth-order valence-corrected chi connectivity index (χ4v) is 1.74. The van der Waals surface area contributed by atoms with Crippen LogP contribution in [0.1, 0.15) is 17.2 Å². The van der Waals surface area contributed by atoms with Crippen LogP contribution in [-0.4, -0.2) is 29.4 Å². The molecular weight excluding hydrogens is 206 g/mol. The zero-order valence-electron chi connectivity index (χ0n) is 8.96. The van der Waals surface area contributed by atoms with Crippen LogP contribution < -0.4 is 0 Å². The SMILES string of the molecule is C=Cc1ccccc1[C@H]1OC(=O)N(C)[C@H]1O. The third-order valence-electron chi connectivity index (χ3n) is 2.71. The van der Waals surface area contributed by atoms with Gasteiger partial charge in [0.2, 0.25) is 0 Å². The molecule has 84 valence electrons. The second kappa shape index (κ2) is 3.98. The van der Waals surface area contributed by atoms with Crippen molar-refractivity contribution < 1.29 is 14.6 Å². The fourth-order valence-electron chi connectivity index (χ4n) is 1.74. The molecule has 0 bridgehead atoms. The first-order valence-electron chi connectivity index (χ1n) is 4.98. The maximum Gasteiger partial charge on any atom is 0.412 e. The maximum absolute atomic E-state index is 11.3. The molecule has 2 atom stereocenters. The Kier molecular flexibility index (Phi) is 2.66. The Bertz CT molecular complexity index is 430. The van der Waals surface area contributed by atoms with Gasteiger partial charge in [0.05, 0.1) is 0 Å². The van der Waals surface area contributed by atoms with E-state index in [2.05, 4.69) is 6.58 Å². The molecule has 0 saturated carbocycles. The van der Waals surface area contributed by atoms with E-state index in [-0.39, 0.29) is 0 Å². The van der Waals surface area contributed by atoms with E-state index in [9.17, 15) is 9.90 Å². The summed E-state index contributed by atoms with van der Waals surface area (Å²) < 4.78 is 5.10. The molecule has 0 aliphatic carbocycles. The minimum atomic E-state index is -0.950. The minimum Gasteiger partial charge on any atom is -0.436 e. The Morgan fingerprint density at radius 1 is 1.50 bits per heavy atom. The molecule has 0 aromatic heterocycles. The van der Waals surface area contributed by atoms with E-state index in [1.807, 2.05) is 24.3 Å². The Morgan fingerprint density at radius 3 is 2.75 bits per heavy atom. The lowest BCUT2D eigenvalue weighted by atomic mass is 10.0. The van der Waals surface area contributed by atoms with Gasteiger partial charge in [0.1, 0.15) is 0 Å². The van der Waals surface area contributed by atoms with Crippen LogP contribution in [0.15, 0.2) is 30.8 Å². The number of benzene rings is 1. The van der Waals surface area contributed by atoms with Crippen molar-refractivity contribution in [2.75, 3.05) is 7.05 Å². The van der Waals surface area contributed by atoms with Gasteiger partial charge in [-0.3, -0.25) is 4.90 Å². The van der Waals surface area contributed by atoms with Crippen molar-refractivity contribution in [2.45, 2.75) is 12.3 Å². The Hall–Kier alpha value is -1.81. The van der Waals surface area contributed by atoms with E-state index in [4.69, 9.17) is 4.74 Å². The highest BCUT2D eigenvalue weighted by molar-refractivity contribution is 5.70. The first-order chi connectivity index (χ1) is 7.65. The van der Waals surface area contributed by atoms with E-state index < -0.39 is 18.4 Å². The fraction of sp³-hybridized carbons (Fsp3) is 0.250. The minimum absolute atomic E-state index is 0.517. The van der Waals surface area contributed by atoms with Crippen molar-refractivity contribution >= 4 is 12.2 Å². The van der Waals surface area contributed by atoms with E-state index in [1.165, 1.54) is 11.9 Å². The molecule has 1 fully saturated rings. The van der Waals surface area contributed by atoms with Crippen molar-refractivity contribution in [3.05, 3.63) is 42.0 Å². The molecule has 16 heavy (non-hydrogen) atoms. The summed E-state index contributed by atoms with van der Waals surface area (Å²) in [6.45, 7) is 3.69. The third kappa shape index (κ3) is 1.57. The number of aliphatic hydroxyl groups excluding tert-OH is 1. The molecule has 0 spiro atoms. The first-order valence-corrected chi connectivity index (χ1v) is 4.98. The van der Waals surface area contributed by atoms with E-state index in [0.717, 1.165) is 11.1 Å². The number of amides is 1. The summed E-state index contributed by atoms with van der Waals surface area (Å²) in [5.74, 6) is 0. The van der Waals surface area contributed by atoms with Gasteiger partial charge < -0.3 is 9.84 Å². The molecular formula is C12H13NO3. The quantitative estimate of drug-likeness (QED) is 0.824. The van der Waals surface area contributed by atoms with Gasteiger partial charge in [0, 0.05) is 12.6 Å². The smallest absolute Gasteiger partial charge is 0.412 e. The van der Waals surface area contributed by atoms with Crippen LogP contribution >= 0.6 is 0 Å². The van der Waals surface area contributed by atoms with Crippen LogP contribution in [0.25, 0.3) is 6.08 Å². The Morgan fingerprint density at radius 2 is 2.19 bits per heavy atom. The molecule has 2 rings (SSSR count). The normalized spacial score (nSPS) is 24.4. The van der Waals surface area contributed by atoms with Gasteiger partial charge in [-0.05, 0) is 5.56 Å². The van der Waals surface area contributed by atoms with Crippen LogP contribution in [0.2, 0.25) is 0 Å². The van der Waals surface area contributed by atoms with Gasteiger partial charge in [-0.25, -0.2) is 4.79 Å². The van der Waals surface area contributed by atoms with Crippen LogP contribution in [0.4, 0.5) is 4.79 Å². The van der Waals surface area contributed by atoms with Gasteiger partial charge >= 0.3 is 6.09 Å². The monoisotopic (exact) mass is 219 g/mol. The predicted octanol–water partition coefficient (Wildman–Crippen LogP) is 1.77.